The van der Waals surface area contributed by atoms with Gasteiger partial charge in [0.1, 0.15) is 5.69 Å². The van der Waals surface area contributed by atoms with E-state index in [1.165, 1.54) is 12.3 Å². The molecule has 0 aliphatic rings. The van der Waals surface area contributed by atoms with E-state index in [1.807, 2.05) is 6.92 Å². The second-order valence-electron chi connectivity index (χ2n) is 2.83. The lowest BCUT2D eigenvalue weighted by Gasteiger charge is -2.02. The van der Waals surface area contributed by atoms with Crippen molar-refractivity contribution in [2.24, 2.45) is 0 Å². The standard InChI is InChI=1S/C9H12N3O2/c1-2-3-5-10-8(13)7-4-6-11-9(14)12-7/h4,6H,2-3,5H2,1H3,(H,10,13). The van der Waals surface area contributed by atoms with Crippen molar-refractivity contribution in [3.05, 3.63) is 18.0 Å². The van der Waals surface area contributed by atoms with E-state index in [9.17, 15) is 9.90 Å². The highest BCUT2D eigenvalue weighted by molar-refractivity contribution is 5.92. The van der Waals surface area contributed by atoms with E-state index in [2.05, 4.69) is 15.3 Å². The molecule has 0 saturated heterocycles. The maximum atomic E-state index is 11.3. The van der Waals surface area contributed by atoms with Crippen LogP contribution in [0.5, 0.6) is 6.01 Å². The van der Waals surface area contributed by atoms with Gasteiger partial charge in [-0.25, -0.2) is 10.1 Å². The van der Waals surface area contributed by atoms with Crippen LogP contribution in [-0.4, -0.2) is 22.4 Å². The van der Waals surface area contributed by atoms with Gasteiger partial charge in [-0.05, 0) is 12.5 Å². The lowest BCUT2D eigenvalue weighted by Crippen LogP contribution is -2.25. The van der Waals surface area contributed by atoms with Crippen molar-refractivity contribution in [2.45, 2.75) is 19.8 Å². The fourth-order valence-electron chi connectivity index (χ4n) is 0.937. The molecule has 1 aromatic heterocycles. The van der Waals surface area contributed by atoms with Crippen LogP contribution in [0.15, 0.2) is 12.3 Å². The molecule has 0 saturated carbocycles. The Hall–Kier alpha value is -1.65. The summed E-state index contributed by atoms with van der Waals surface area (Å²) in [5, 5.41) is 13.4. The largest absolute Gasteiger partial charge is 0.367 e. The molecular weight excluding hydrogens is 182 g/mol. The van der Waals surface area contributed by atoms with Gasteiger partial charge in [0.2, 0.25) is 0 Å². The predicted molar refractivity (Wildman–Crippen MR) is 49.4 cm³/mol. The van der Waals surface area contributed by atoms with Crippen LogP contribution in [0.1, 0.15) is 30.3 Å². The maximum Gasteiger partial charge on any atom is 0.367 e. The first-order valence-corrected chi connectivity index (χ1v) is 4.52. The molecule has 0 aliphatic carbocycles. The zero-order valence-corrected chi connectivity index (χ0v) is 7.99. The number of nitrogens with zero attached hydrogens (tertiary/aromatic N) is 2. The molecule has 0 atom stereocenters. The van der Waals surface area contributed by atoms with Crippen LogP contribution in [0.4, 0.5) is 0 Å². The molecule has 14 heavy (non-hydrogen) atoms. The van der Waals surface area contributed by atoms with Gasteiger partial charge in [0, 0.05) is 12.7 Å². The fourth-order valence-corrected chi connectivity index (χ4v) is 0.937. The van der Waals surface area contributed by atoms with Crippen LogP contribution in [0.3, 0.4) is 0 Å². The zero-order chi connectivity index (χ0) is 10.4. The monoisotopic (exact) mass is 194 g/mol. The Kier molecular flexibility index (Phi) is 3.84. The summed E-state index contributed by atoms with van der Waals surface area (Å²) in [5.74, 6) is -0.321. The van der Waals surface area contributed by atoms with Gasteiger partial charge < -0.3 is 5.32 Å². The summed E-state index contributed by atoms with van der Waals surface area (Å²) in [4.78, 5) is 18.2. The SMILES string of the molecule is CCCCNC(=O)c1ccnc([O])n1. The van der Waals surface area contributed by atoms with Crippen LogP contribution in [0.25, 0.3) is 0 Å². The van der Waals surface area contributed by atoms with Crippen LogP contribution in [0, 0.1) is 0 Å². The summed E-state index contributed by atoms with van der Waals surface area (Å²) in [6.45, 7) is 2.64. The molecule has 0 spiro atoms. The van der Waals surface area contributed by atoms with E-state index < -0.39 is 6.01 Å². The zero-order valence-electron chi connectivity index (χ0n) is 7.99. The highest BCUT2D eigenvalue weighted by atomic mass is 16.3. The lowest BCUT2D eigenvalue weighted by molar-refractivity contribution is 0.0946. The summed E-state index contributed by atoms with van der Waals surface area (Å²) in [6, 6.07) is 0.788. The molecule has 0 fully saturated rings. The molecule has 1 heterocycles. The third-order valence-electron chi connectivity index (χ3n) is 1.68. The van der Waals surface area contributed by atoms with Crippen molar-refractivity contribution in [2.75, 3.05) is 6.54 Å². The average Bonchev–Trinajstić information content (AvgIpc) is 2.18. The van der Waals surface area contributed by atoms with Crippen LogP contribution in [0.2, 0.25) is 0 Å². The smallest absolute Gasteiger partial charge is 0.351 e. The second kappa shape index (κ2) is 5.16. The van der Waals surface area contributed by atoms with Gasteiger partial charge in [0.15, 0.2) is 0 Å². The topological polar surface area (TPSA) is 74.8 Å². The van der Waals surface area contributed by atoms with Gasteiger partial charge in [-0.3, -0.25) is 4.79 Å². The van der Waals surface area contributed by atoms with Gasteiger partial charge in [-0.2, -0.15) is 4.98 Å². The van der Waals surface area contributed by atoms with E-state index in [1.54, 1.807) is 0 Å². The Morgan fingerprint density at radius 3 is 3.00 bits per heavy atom. The summed E-state index contributed by atoms with van der Waals surface area (Å²) < 4.78 is 0. The Morgan fingerprint density at radius 1 is 1.57 bits per heavy atom. The Bertz CT molecular complexity index is 315. The van der Waals surface area contributed by atoms with E-state index in [0.717, 1.165) is 12.8 Å². The number of nitrogens with one attached hydrogen (secondary N) is 1. The van der Waals surface area contributed by atoms with Crippen molar-refractivity contribution in [1.29, 1.82) is 0 Å². The van der Waals surface area contributed by atoms with E-state index in [-0.39, 0.29) is 11.6 Å². The molecule has 75 valence electrons. The van der Waals surface area contributed by atoms with Crippen LogP contribution >= 0.6 is 0 Å². The number of unbranched alkanes of at least 4 members (excludes halogenated alkanes) is 1. The molecule has 0 bridgehead atoms. The van der Waals surface area contributed by atoms with Crippen molar-refractivity contribution >= 4 is 5.91 Å². The minimum atomic E-state index is -0.631. The molecule has 5 heteroatoms. The van der Waals surface area contributed by atoms with Crippen molar-refractivity contribution in [3.63, 3.8) is 0 Å². The molecule has 5 nitrogen and oxygen atoms in total. The molecule has 0 aromatic carbocycles. The number of hydrogen-bond donors (Lipinski definition) is 1. The normalized spacial score (nSPS) is 9.79. The third kappa shape index (κ3) is 3.01. The van der Waals surface area contributed by atoms with Crippen LogP contribution < -0.4 is 5.32 Å². The van der Waals surface area contributed by atoms with Gasteiger partial charge >= 0.3 is 6.01 Å². The Labute approximate surface area is 82.2 Å². The highest BCUT2D eigenvalue weighted by Crippen LogP contribution is 2.00. The summed E-state index contributed by atoms with van der Waals surface area (Å²) in [7, 11) is 0. The third-order valence-corrected chi connectivity index (χ3v) is 1.68. The van der Waals surface area contributed by atoms with Gasteiger partial charge in [0.05, 0.1) is 0 Å². The van der Waals surface area contributed by atoms with E-state index in [0.29, 0.717) is 6.54 Å². The molecule has 0 aliphatic heterocycles. The maximum absolute atomic E-state index is 11.3. The first-order chi connectivity index (χ1) is 6.74. The number of carbonyl (C=O) groups excluding carboxylic acids is 1. The number of hydrogen-bond acceptors (Lipinski definition) is 3. The van der Waals surface area contributed by atoms with Crippen molar-refractivity contribution in [1.82, 2.24) is 15.3 Å². The molecule has 1 aromatic rings. The summed E-state index contributed by atoms with van der Waals surface area (Å²) >= 11 is 0. The molecule has 1 rings (SSSR count). The number of carbonyl (C=O) groups is 1. The quantitative estimate of drug-likeness (QED) is 0.730. The molecule has 1 radical (unpaired) electrons. The predicted octanol–water partition coefficient (Wildman–Crippen LogP) is 1.15. The van der Waals surface area contributed by atoms with Gasteiger partial charge in [0.25, 0.3) is 5.91 Å². The highest BCUT2D eigenvalue weighted by Gasteiger charge is 2.07. The van der Waals surface area contributed by atoms with E-state index >= 15 is 0 Å². The fraction of sp³-hybridized carbons (Fsp3) is 0.444. The molecule has 1 N–H and O–H groups in total. The van der Waals surface area contributed by atoms with Crippen molar-refractivity contribution in [3.8, 4) is 6.01 Å². The number of aromatic nitrogens is 2. The summed E-state index contributed by atoms with van der Waals surface area (Å²) in [6.07, 6.45) is 3.21. The average molecular weight is 194 g/mol. The minimum absolute atomic E-state index is 0.126. The minimum Gasteiger partial charge on any atom is -0.351 e. The van der Waals surface area contributed by atoms with Crippen molar-refractivity contribution < 1.29 is 9.90 Å². The molecule has 1 amide bonds. The van der Waals surface area contributed by atoms with Gasteiger partial charge in [-0.1, -0.05) is 13.3 Å². The molecule has 0 unspecified atom stereocenters. The second-order valence-corrected chi connectivity index (χ2v) is 2.83. The summed E-state index contributed by atoms with van der Waals surface area (Å²) in [5.41, 5.74) is 0.126. The number of amides is 1. The Morgan fingerprint density at radius 2 is 2.36 bits per heavy atom. The molecular formula is C9H12N3O2. The Balaban J connectivity index is 2.52. The van der Waals surface area contributed by atoms with Gasteiger partial charge in [-0.15, -0.1) is 0 Å². The lowest BCUT2D eigenvalue weighted by atomic mass is 10.3. The first kappa shape index (κ1) is 10.4. The first-order valence-electron chi connectivity index (χ1n) is 4.52. The van der Waals surface area contributed by atoms with Crippen LogP contribution in [-0.2, 0) is 5.11 Å². The van der Waals surface area contributed by atoms with E-state index in [4.69, 9.17) is 0 Å². The number of rotatable bonds is 4.